The molecule has 0 amide bonds. The van der Waals surface area contributed by atoms with Crippen molar-refractivity contribution in [3.63, 3.8) is 0 Å². The SMILES string of the molecule is C[Si]1(C)c2ccccc2-c2c(-c3cccc(-c4cccc(-c5nc(-c6ccccc6)cc(-c6ccccc6)n5)c4)c3)cccc21.c1ccc(-c2cc(-c3ccccc3)nc(-c3cccc(-c4cccc(-c5cccc6c5-c5ccccc5[Si]6(c5ccccc5)c5ccccc5)c4)c3)n2)cc1. The van der Waals surface area contributed by atoms with Gasteiger partial charge in [0.25, 0.3) is 0 Å². The summed E-state index contributed by atoms with van der Waals surface area (Å²) in [6, 6.07) is 135. The Bertz CT molecular complexity index is 5530. The smallest absolute Gasteiger partial charge is 0.180 e. The quantitative estimate of drug-likeness (QED) is 0.114. The van der Waals surface area contributed by atoms with Crippen molar-refractivity contribution in [3.05, 3.63) is 376 Å². The average Bonchev–Trinajstić information content (AvgIpc) is 1.53. The number of fused-ring (bicyclic) bond motifs is 6. The second-order valence-electron chi connectivity index (χ2n) is 26.4. The second-order valence-corrected chi connectivity index (χ2v) is 34.4. The molecule has 18 rings (SSSR count). The number of aromatic nitrogens is 4. The largest absolute Gasteiger partial charge is 0.228 e. The van der Waals surface area contributed by atoms with Gasteiger partial charge in [-0.15, -0.1) is 0 Å². The molecule has 4 heterocycles. The van der Waals surface area contributed by atoms with E-state index in [1.54, 1.807) is 0 Å². The first-order valence-corrected chi connectivity index (χ1v) is 39.3. The lowest BCUT2D eigenvalue weighted by atomic mass is 9.92. The van der Waals surface area contributed by atoms with Crippen LogP contribution < -0.4 is 31.1 Å². The molecule has 0 aliphatic carbocycles. The Hall–Kier alpha value is -12.3. The predicted molar refractivity (Wildman–Crippen MR) is 423 cm³/mol. The Morgan fingerprint density at radius 1 is 0.190 bits per heavy atom. The fourth-order valence-electron chi connectivity index (χ4n) is 15.3. The Morgan fingerprint density at radius 3 is 0.850 bits per heavy atom. The van der Waals surface area contributed by atoms with E-state index in [0.29, 0.717) is 5.82 Å². The van der Waals surface area contributed by atoms with Crippen molar-refractivity contribution in [1.82, 2.24) is 19.9 Å². The first kappa shape index (κ1) is 61.3. The molecule has 2 aliphatic rings. The summed E-state index contributed by atoms with van der Waals surface area (Å²) in [6.45, 7) is 4.95. The van der Waals surface area contributed by atoms with Crippen LogP contribution in [0, 0.1) is 0 Å². The lowest BCUT2D eigenvalue weighted by Gasteiger charge is -2.31. The van der Waals surface area contributed by atoms with Crippen LogP contribution in [0.25, 0.3) is 135 Å². The van der Waals surface area contributed by atoms with Gasteiger partial charge in [0.05, 0.1) is 22.8 Å². The minimum Gasteiger partial charge on any atom is -0.228 e. The van der Waals surface area contributed by atoms with Crippen molar-refractivity contribution in [3.8, 4) is 135 Å². The molecule has 0 saturated heterocycles. The van der Waals surface area contributed by atoms with Gasteiger partial charge in [-0.3, -0.25) is 0 Å². The molecule has 0 fully saturated rings. The molecule has 472 valence electrons. The molecule has 0 bridgehead atoms. The van der Waals surface area contributed by atoms with Gasteiger partial charge < -0.3 is 0 Å². The van der Waals surface area contributed by atoms with Crippen LogP contribution in [0.3, 0.4) is 0 Å². The van der Waals surface area contributed by atoms with E-state index in [9.17, 15) is 0 Å². The molecule has 14 aromatic carbocycles. The van der Waals surface area contributed by atoms with Crippen LogP contribution in [-0.2, 0) is 0 Å². The Labute approximate surface area is 587 Å². The van der Waals surface area contributed by atoms with E-state index >= 15 is 0 Å². The van der Waals surface area contributed by atoms with Crippen LogP contribution in [0.4, 0.5) is 0 Å². The lowest BCUT2D eigenvalue weighted by Crippen LogP contribution is -2.72. The molecule has 2 aromatic heterocycles. The molecule has 4 nitrogen and oxygen atoms in total. The van der Waals surface area contributed by atoms with Crippen molar-refractivity contribution < 1.29 is 0 Å². The van der Waals surface area contributed by atoms with Gasteiger partial charge in [0.15, 0.2) is 19.7 Å². The Balaban J connectivity index is 0.000000153. The van der Waals surface area contributed by atoms with Gasteiger partial charge in [-0.05, 0) is 134 Å². The molecule has 16 aromatic rings. The lowest BCUT2D eigenvalue weighted by molar-refractivity contribution is 1.18. The van der Waals surface area contributed by atoms with Crippen LogP contribution in [0.5, 0.6) is 0 Å². The highest BCUT2D eigenvalue weighted by atomic mass is 28.3. The fourth-order valence-corrected chi connectivity index (χ4v) is 23.6. The third-order valence-corrected chi connectivity index (χ3v) is 28.5. The monoisotopic (exact) mass is 1310 g/mol. The highest BCUT2D eigenvalue weighted by Crippen LogP contribution is 2.41. The van der Waals surface area contributed by atoms with E-state index < -0.39 is 16.1 Å². The van der Waals surface area contributed by atoms with Crippen LogP contribution in [0.2, 0.25) is 13.1 Å². The predicted octanol–water partition coefficient (Wildman–Crippen LogP) is 19.8. The van der Waals surface area contributed by atoms with Gasteiger partial charge in [-0.2, -0.15) is 0 Å². The molecule has 0 radical (unpaired) electrons. The van der Waals surface area contributed by atoms with Crippen LogP contribution >= 0.6 is 0 Å². The molecule has 0 spiro atoms. The number of hydrogen-bond acceptors (Lipinski definition) is 4. The number of nitrogens with zero attached hydrogens (tertiary/aromatic N) is 4. The van der Waals surface area contributed by atoms with Crippen molar-refractivity contribution in [2.24, 2.45) is 0 Å². The maximum absolute atomic E-state index is 5.12. The minimum atomic E-state index is -2.59. The van der Waals surface area contributed by atoms with Gasteiger partial charge in [0.2, 0.25) is 0 Å². The zero-order valence-electron chi connectivity index (χ0n) is 55.6. The topological polar surface area (TPSA) is 51.6 Å². The van der Waals surface area contributed by atoms with Gasteiger partial charge in [0.1, 0.15) is 8.07 Å². The van der Waals surface area contributed by atoms with Crippen molar-refractivity contribution in [2.45, 2.75) is 13.1 Å². The van der Waals surface area contributed by atoms with E-state index in [2.05, 4.69) is 365 Å². The zero-order valence-corrected chi connectivity index (χ0v) is 57.6. The standard InChI is InChI=1S/C52H36N2Si.C42H32N2Si/c1-5-18-37(19-6-1)47-36-48(38-20-7-2-8-21-38)54-52(53-47)42-25-16-23-40(35-42)39-22-15-24-41(34-39)45-31-17-33-50-51(45)46-30-13-14-32-49(46)55(50,43-26-9-3-10-27-43)44-28-11-4-12-29-44;1-45(2)39-24-10-9-22-36(39)41-35(23-13-25-40(41)45)33-20-11-18-31(26-33)32-19-12-21-34(27-32)42-43-37(29-14-5-3-6-15-29)28-38(44-42)30-16-7-4-8-17-30/h1-36H;3-28H,1-2H3. The van der Waals surface area contributed by atoms with Crippen LogP contribution in [0.15, 0.2) is 376 Å². The highest BCUT2D eigenvalue weighted by molar-refractivity contribution is 7.22. The second kappa shape index (κ2) is 26.3. The summed E-state index contributed by atoms with van der Waals surface area (Å²) < 4.78 is 0. The Morgan fingerprint density at radius 2 is 0.450 bits per heavy atom. The summed E-state index contributed by atoms with van der Waals surface area (Å²) in [4.78, 5) is 20.4. The maximum Gasteiger partial charge on any atom is 0.180 e. The molecule has 0 saturated carbocycles. The molecule has 100 heavy (non-hydrogen) atoms. The Kier molecular flexibility index (Phi) is 16.1. The van der Waals surface area contributed by atoms with Gasteiger partial charge in [-0.25, -0.2) is 19.9 Å². The van der Waals surface area contributed by atoms with E-state index in [4.69, 9.17) is 19.9 Å². The van der Waals surface area contributed by atoms with E-state index in [1.807, 2.05) is 24.3 Å². The van der Waals surface area contributed by atoms with E-state index in [1.165, 1.54) is 81.2 Å². The minimum absolute atomic E-state index is 0.707. The van der Waals surface area contributed by atoms with Gasteiger partial charge >= 0.3 is 0 Å². The van der Waals surface area contributed by atoms with Crippen LogP contribution in [-0.4, -0.2) is 36.1 Å². The fraction of sp³-hybridized carbons (Fsp3) is 0.0213. The zero-order chi connectivity index (χ0) is 67.0. The normalized spacial score (nSPS) is 12.7. The van der Waals surface area contributed by atoms with Crippen molar-refractivity contribution in [1.29, 1.82) is 0 Å². The third-order valence-electron chi connectivity index (χ3n) is 20.1. The molecular weight excluding hydrogens is 1240 g/mol. The number of benzene rings is 14. The molecular formula is C94H68N4Si2. The van der Waals surface area contributed by atoms with E-state index in [0.717, 1.165) is 78.7 Å². The van der Waals surface area contributed by atoms with Crippen LogP contribution in [0.1, 0.15) is 0 Å². The summed E-state index contributed by atoms with van der Waals surface area (Å²) in [7, 11) is -4.33. The molecule has 2 aliphatic heterocycles. The third kappa shape index (κ3) is 11.2. The van der Waals surface area contributed by atoms with Gasteiger partial charge in [0, 0.05) is 33.4 Å². The summed E-state index contributed by atoms with van der Waals surface area (Å²) >= 11 is 0. The molecule has 6 heteroatoms. The van der Waals surface area contributed by atoms with Crippen molar-refractivity contribution >= 4 is 47.3 Å². The molecule has 0 N–H and O–H groups in total. The highest BCUT2D eigenvalue weighted by Gasteiger charge is 2.49. The summed E-state index contributed by atoms with van der Waals surface area (Å²) in [5, 5.41) is 8.77. The number of rotatable bonds is 12. The summed E-state index contributed by atoms with van der Waals surface area (Å²) in [5.41, 5.74) is 25.0. The molecule has 0 unspecified atom stereocenters. The summed E-state index contributed by atoms with van der Waals surface area (Å²) in [6.07, 6.45) is 0. The molecule has 0 atom stereocenters. The first-order chi connectivity index (χ1) is 49.3. The maximum atomic E-state index is 5.12. The average molecular weight is 1310 g/mol. The van der Waals surface area contributed by atoms with Crippen molar-refractivity contribution in [2.75, 3.05) is 0 Å². The number of hydrogen-bond donors (Lipinski definition) is 0. The first-order valence-electron chi connectivity index (χ1n) is 34.3. The van der Waals surface area contributed by atoms with E-state index in [-0.39, 0.29) is 0 Å². The van der Waals surface area contributed by atoms with Gasteiger partial charge in [-0.1, -0.05) is 353 Å². The summed E-state index contributed by atoms with van der Waals surface area (Å²) in [5.74, 6) is 1.43.